The third-order valence-corrected chi connectivity index (χ3v) is 8.69. The Balaban J connectivity index is 2.06. The first-order valence-corrected chi connectivity index (χ1v) is 14.9. The maximum Gasteiger partial charge on any atom is 0.264 e. The highest BCUT2D eigenvalue weighted by Crippen LogP contribution is 2.29. The zero-order valence-electron chi connectivity index (χ0n) is 22.8. The minimum Gasteiger partial charge on any atom is -0.497 e. The van der Waals surface area contributed by atoms with Crippen LogP contribution in [0.5, 0.6) is 5.75 Å². The summed E-state index contributed by atoms with van der Waals surface area (Å²) >= 11 is 12.8. The molecule has 1 atom stereocenters. The predicted octanol–water partition coefficient (Wildman–Crippen LogP) is 5.39. The molecular weight excluding hydrogens is 573 g/mol. The molecule has 0 aliphatic rings. The molecule has 0 spiro atoms. The molecule has 0 fully saturated rings. The Labute approximate surface area is 245 Å². The summed E-state index contributed by atoms with van der Waals surface area (Å²) in [7, 11) is -2.72. The molecule has 0 bridgehead atoms. The van der Waals surface area contributed by atoms with Gasteiger partial charge in [0.25, 0.3) is 10.0 Å². The van der Waals surface area contributed by atoms with E-state index in [9.17, 15) is 18.0 Å². The van der Waals surface area contributed by atoms with Gasteiger partial charge in [-0.25, -0.2) is 8.42 Å². The van der Waals surface area contributed by atoms with Crippen LogP contribution in [-0.4, -0.2) is 51.4 Å². The Morgan fingerprint density at radius 3 is 2.15 bits per heavy atom. The fraction of sp³-hybridized carbons (Fsp3) is 0.310. The van der Waals surface area contributed by atoms with Crippen molar-refractivity contribution in [1.82, 2.24) is 10.2 Å². The number of benzene rings is 3. The van der Waals surface area contributed by atoms with Crippen LogP contribution in [0, 0.1) is 5.92 Å². The van der Waals surface area contributed by atoms with Crippen molar-refractivity contribution in [2.24, 2.45) is 5.92 Å². The van der Waals surface area contributed by atoms with Crippen LogP contribution in [0.2, 0.25) is 10.0 Å². The Bertz CT molecular complexity index is 1410. The summed E-state index contributed by atoms with van der Waals surface area (Å²) in [5.41, 5.74) is 0.672. The van der Waals surface area contributed by atoms with Gasteiger partial charge >= 0.3 is 0 Å². The van der Waals surface area contributed by atoms with Crippen LogP contribution in [-0.2, 0) is 26.2 Å². The second-order valence-electron chi connectivity index (χ2n) is 9.56. The van der Waals surface area contributed by atoms with E-state index in [1.807, 2.05) is 13.8 Å². The van der Waals surface area contributed by atoms with Crippen LogP contribution >= 0.6 is 23.2 Å². The number of methoxy groups -OCH3 is 1. The molecule has 214 valence electrons. The van der Waals surface area contributed by atoms with Crippen molar-refractivity contribution < 1.29 is 22.7 Å². The number of sulfonamides is 1. The van der Waals surface area contributed by atoms with Gasteiger partial charge in [0, 0.05) is 34.8 Å². The summed E-state index contributed by atoms with van der Waals surface area (Å²) in [5, 5.41) is 3.48. The van der Waals surface area contributed by atoms with Crippen LogP contribution in [0.15, 0.2) is 77.7 Å². The van der Waals surface area contributed by atoms with E-state index in [2.05, 4.69) is 5.32 Å². The van der Waals surface area contributed by atoms with Crippen LogP contribution in [0.25, 0.3) is 0 Å². The first-order valence-electron chi connectivity index (χ1n) is 12.7. The molecule has 40 heavy (non-hydrogen) atoms. The minimum atomic E-state index is -4.19. The van der Waals surface area contributed by atoms with Gasteiger partial charge in [0.15, 0.2) is 0 Å². The average Bonchev–Trinajstić information content (AvgIpc) is 2.94. The van der Waals surface area contributed by atoms with Crippen LogP contribution in [0.1, 0.15) is 26.3 Å². The smallest absolute Gasteiger partial charge is 0.264 e. The monoisotopic (exact) mass is 605 g/mol. The molecule has 0 saturated carbocycles. The number of ether oxygens (including phenoxy) is 1. The van der Waals surface area contributed by atoms with Crippen LogP contribution < -0.4 is 14.4 Å². The fourth-order valence-electron chi connectivity index (χ4n) is 3.90. The fourth-order valence-corrected chi connectivity index (χ4v) is 5.85. The molecule has 0 aliphatic carbocycles. The lowest BCUT2D eigenvalue weighted by molar-refractivity contribution is -0.139. The van der Waals surface area contributed by atoms with E-state index in [1.54, 1.807) is 61.5 Å². The number of rotatable bonds is 12. The zero-order valence-corrected chi connectivity index (χ0v) is 25.1. The van der Waals surface area contributed by atoms with Gasteiger partial charge in [0.05, 0.1) is 17.7 Å². The molecule has 0 radical (unpaired) electrons. The van der Waals surface area contributed by atoms with Crippen molar-refractivity contribution >= 4 is 50.7 Å². The number of anilines is 1. The molecule has 1 N–H and O–H groups in total. The number of nitrogens with one attached hydrogen (secondary N) is 1. The van der Waals surface area contributed by atoms with Gasteiger partial charge in [0.2, 0.25) is 11.8 Å². The zero-order chi connectivity index (χ0) is 29.4. The van der Waals surface area contributed by atoms with E-state index in [-0.39, 0.29) is 29.0 Å². The van der Waals surface area contributed by atoms with Crippen molar-refractivity contribution in [3.05, 3.63) is 88.4 Å². The summed E-state index contributed by atoms with van der Waals surface area (Å²) in [6.07, 6.45) is 0. The molecule has 3 rings (SSSR count). The van der Waals surface area contributed by atoms with Crippen molar-refractivity contribution in [3.63, 3.8) is 0 Å². The summed E-state index contributed by atoms with van der Waals surface area (Å²) < 4.78 is 34.0. The average molecular weight is 607 g/mol. The molecule has 0 saturated heterocycles. The normalized spacial score (nSPS) is 12.1. The Morgan fingerprint density at radius 1 is 0.925 bits per heavy atom. The Morgan fingerprint density at radius 2 is 1.55 bits per heavy atom. The van der Waals surface area contributed by atoms with Crippen LogP contribution in [0.4, 0.5) is 5.69 Å². The van der Waals surface area contributed by atoms with Gasteiger partial charge < -0.3 is 15.0 Å². The highest BCUT2D eigenvalue weighted by molar-refractivity contribution is 7.92. The highest BCUT2D eigenvalue weighted by atomic mass is 35.5. The van der Waals surface area contributed by atoms with E-state index < -0.39 is 28.5 Å². The van der Waals surface area contributed by atoms with Gasteiger partial charge in [-0.1, -0.05) is 67.4 Å². The van der Waals surface area contributed by atoms with Crippen molar-refractivity contribution in [2.45, 2.75) is 38.3 Å². The number of carbonyl (C=O) groups is 2. The first-order chi connectivity index (χ1) is 18.9. The Kier molecular flexibility index (Phi) is 10.8. The lowest BCUT2D eigenvalue weighted by Crippen LogP contribution is -2.51. The van der Waals surface area contributed by atoms with Gasteiger partial charge in [-0.3, -0.25) is 13.9 Å². The lowest BCUT2D eigenvalue weighted by atomic mass is 10.1. The molecule has 0 aliphatic heterocycles. The molecule has 3 aromatic carbocycles. The van der Waals surface area contributed by atoms with E-state index in [4.69, 9.17) is 27.9 Å². The maximum atomic E-state index is 14.0. The topological polar surface area (TPSA) is 96.0 Å². The molecule has 0 unspecified atom stereocenters. The quantitative estimate of drug-likeness (QED) is 0.299. The standard InChI is InChI=1S/C29H33Cl2N3O5S/c1-20(2)17-32-29(36)21(3)33(18-25-26(30)14-9-15-27(25)31)28(35)19-34(22-10-8-11-23(16-22)39-4)40(37,38)24-12-6-5-7-13-24/h5-16,20-21H,17-19H2,1-4H3,(H,32,36)/t21-/m0/s1. The van der Waals surface area contributed by atoms with E-state index >= 15 is 0 Å². The molecule has 3 aromatic rings. The molecule has 2 amide bonds. The van der Waals surface area contributed by atoms with Gasteiger partial charge in [-0.05, 0) is 49.2 Å². The van der Waals surface area contributed by atoms with Crippen molar-refractivity contribution in [3.8, 4) is 5.75 Å². The van der Waals surface area contributed by atoms with E-state index in [1.165, 1.54) is 30.2 Å². The second kappa shape index (κ2) is 13.9. The largest absolute Gasteiger partial charge is 0.497 e. The highest BCUT2D eigenvalue weighted by Gasteiger charge is 2.33. The Hall–Kier alpha value is -3.27. The maximum absolute atomic E-state index is 14.0. The lowest BCUT2D eigenvalue weighted by Gasteiger charge is -2.32. The summed E-state index contributed by atoms with van der Waals surface area (Å²) in [5.74, 6) is -0.396. The third kappa shape index (κ3) is 7.68. The molecule has 0 heterocycles. The number of nitrogens with zero attached hydrogens (tertiary/aromatic N) is 2. The first kappa shape index (κ1) is 31.3. The van der Waals surface area contributed by atoms with Gasteiger partial charge in [-0.2, -0.15) is 0 Å². The van der Waals surface area contributed by atoms with Crippen molar-refractivity contribution in [1.29, 1.82) is 0 Å². The van der Waals surface area contributed by atoms with E-state index in [0.717, 1.165) is 4.31 Å². The third-order valence-electron chi connectivity index (χ3n) is 6.19. The number of halogens is 2. The molecule has 0 aromatic heterocycles. The summed E-state index contributed by atoms with van der Waals surface area (Å²) in [4.78, 5) is 28.4. The predicted molar refractivity (Wildman–Crippen MR) is 158 cm³/mol. The second-order valence-corrected chi connectivity index (χ2v) is 12.2. The minimum absolute atomic E-state index is 0.00837. The van der Waals surface area contributed by atoms with E-state index in [0.29, 0.717) is 27.9 Å². The number of carbonyl (C=O) groups excluding carboxylic acids is 2. The van der Waals surface area contributed by atoms with Crippen LogP contribution in [0.3, 0.4) is 0 Å². The summed E-state index contributed by atoms with van der Waals surface area (Å²) in [6, 6.07) is 18.2. The van der Waals surface area contributed by atoms with Gasteiger partial charge in [0.1, 0.15) is 18.3 Å². The van der Waals surface area contributed by atoms with Gasteiger partial charge in [-0.15, -0.1) is 0 Å². The SMILES string of the molecule is COc1cccc(N(CC(=O)N(Cc2c(Cl)cccc2Cl)[C@@H](C)C(=O)NCC(C)C)S(=O)(=O)c2ccccc2)c1. The number of hydrogen-bond donors (Lipinski definition) is 1. The molecule has 11 heteroatoms. The van der Waals surface area contributed by atoms with Crippen molar-refractivity contribution in [2.75, 3.05) is 24.5 Å². The molecular formula is C29H33Cl2N3O5S. The molecule has 8 nitrogen and oxygen atoms in total. The number of amides is 2. The summed E-state index contributed by atoms with van der Waals surface area (Å²) in [6.45, 7) is 5.21. The number of hydrogen-bond acceptors (Lipinski definition) is 5.